The Hall–Kier alpha value is -1.38. The Labute approximate surface area is 95.5 Å². The van der Waals surface area contributed by atoms with E-state index in [-0.39, 0.29) is 0 Å². The molecule has 2 aromatic rings. The summed E-state index contributed by atoms with van der Waals surface area (Å²) in [6.45, 7) is 0. The smallest absolute Gasteiger partial charge is 0.160 e. The molecule has 2 aromatic heterocycles. The van der Waals surface area contributed by atoms with Crippen LogP contribution >= 0.6 is 0 Å². The topological polar surface area (TPSA) is 30.7 Å². The van der Waals surface area contributed by atoms with Gasteiger partial charge in [0.1, 0.15) is 5.52 Å². The molecule has 1 fully saturated rings. The zero-order valence-electron chi connectivity index (χ0n) is 9.47. The Balaban J connectivity index is 1.97. The quantitative estimate of drug-likeness (QED) is 0.683. The molecule has 0 bridgehead atoms. The molecule has 3 rings (SSSR count). The zero-order chi connectivity index (χ0) is 10.8. The summed E-state index contributed by atoms with van der Waals surface area (Å²) >= 11 is 0. The Kier molecular flexibility index (Phi) is 2.60. The van der Waals surface area contributed by atoms with Crippen molar-refractivity contribution in [2.45, 2.75) is 44.6 Å². The summed E-state index contributed by atoms with van der Waals surface area (Å²) in [6, 6.07) is 4.60. The SMILES string of the molecule is c1cnc2c(c1)ncn2C1CCCCCC1. The first-order valence-electron chi connectivity index (χ1n) is 6.23. The molecule has 1 saturated carbocycles. The maximum Gasteiger partial charge on any atom is 0.160 e. The Morgan fingerprint density at radius 3 is 2.69 bits per heavy atom. The number of hydrogen-bond acceptors (Lipinski definition) is 2. The first kappa shape index (κ1) is 9.82. The Bertz CT molecular complexity index is 467. The molecule has 0 atom stereocenters. The van der Waals surface area contributed by atoms with Gasteiger partial charge in [-0.1, -0.05) is 25.7 Å². The first-order chi connectivity index (χ1) is 7.95. The van der Waals surface area contributed by atoms with Gasteiger partial charge in [0.05, 0.1) is 6.33 Å². The molecular formula is C13H17N3. The van der Waals surface area contributed by atoms with E-state index in [9.17, 15) is 0 Å². The summed E-state index contributed by atoms with van der Waals surface area (Å²) in [5.74, 6) is 0. The molecule has 0 saturated heterocycles. The number of nitrogens with zero attached hydrogens (tertiary/aromatic N) is 3. The minimum atomic E-state index is 0.613. The van der Waals surface area contributed by atoms with E-state index in [0.717, 1.165) is 11.2 Å². The predicted octanol–water partition coefficient (Wildman–Crippen LogP) is 3.33. The van der Waals surface area contributed by atoms with Gasteiger partial charge >= 0.3 is 0 Å². The third-order valence-corrected chi connectivity index (χ3v) is 3.55. The van der Waals surface area contributed by atoms with E-state index in [0.29, 0.717) is 6.04 Å². The summed E-state index contributed by atoms with van der Waals surface area (Å²) < 4.78 is 2.28. The van der Waals surface area contributed by atoms with Gasteiger partial charge < -0.3 is 4.57 Å². The number of fused-ring (bicyclic) bond motifs is 1. The standard InChI is InChI=1S/C13H17N3/c1-2-4-7-11(6-3-1)16-10-15-12-8-5-9-14-13(12)16/h5,8-11H,1-4,6-7H2. The van der Waals surface area contributed by atoms with Gasteiger partial charge in [-0.05, 0) is 25.0 Å². The fourth-order valence-electron chi connectivity index (χ4n) is 2.67. The maximum atomic E-state index is 4.45. The minimum absolute atomic E-state index is 0.613. The van der Waals surface area contributed by atoms with Crippen LogP contribution in [0.25, 0.3) is 11.2 Å². The van der Waals surface area contributed by atoms with E-state index in [1.165, 1.54) is 38.5 Å². The van der Waals surface area contributed by atoms with Crippen LogP contribution in [0.4, 0.5) is 0 Å². The second-order valence-electron chi connectivity index (χ2n) is 4.64. The zero-order valence-corrected chi connectivity index (χ0v) is 9.47. The molecule has 0 radical (unpaired) electrons. The summed E-state index contributed by atoms with van der Waals surface area (Å²) in [5, 5.41) is 0. The van der Waals surface area contributed by atoms with Crippen LogP contribution in [-0.4, -0.2) is 14.5 Å². The Morgan fingerprint density at radius 1 is 1.06 bits per heavy atom. The van der Waals surface area contributed by atoms with Crippen molar-refractivity contribution in [3.63, 3.8) is 0 Å². The lowest BCUT2D eigenvalue weighted by atomic mass is 10.1. The van der Waals surface area contributed by atoms with Crippen molar-refractivity contribution in [2.24, 2.45) is 0 Å². The molecule has 3 heteroatoms. The molecule has 0 spiro atoms. The van der Waals surface area contributed by atoms with Crippen molar-refractivity contribution in [3.8, 4) is 0 Å². The molecule has 0 N–H and O–H groups in total. The van der Waals surface area contributed by atoms with E-state index in [1.807, 2.05) is 24.7 Å². The van der Waals surface area contributed by atoms with Crippen LogP contribution in [0.3, 0.4) is 0 Å². The number of hydrogen-bond donors (Lipinski definition) is 0. The van der Waals surface area contributed by atoms with E-state index in [1.54, 1.807) is 0 Å². The lowest BCUT2D eigenvalue weighted by molar-refractivity contribution is 0.451. The highest BCUT2D eigenvalue weighted by Crippen LogP contribution is 2.28. The van der Waals surface area contributed by atoms with Crippen LogP contribution in [0.5, 0.6) is 0 Å². The van der Waals surface area contributed by atoms with Gasteiger partial charge in [-0.3, -0.25) is 0 Å². The van der Waals surface area contributed by atoms with Crippen molar-refractivity contribution >= 4 is 11.2 Å². The number of aromatic nitrogens is 3. The molecular weight excluding hydrogens is 198 g/mol. The average molecular weight is 215 g/mol. The number of imidazole rings is 1. The second-order valence-corrected chi connectivity index (χ2v) is 4.64. The maximum absolute atomic E-state index is 4.45. The highest BCUT2D eigenvalue weighted by molar-refractivity contribution is 5.70. The van der Waals surface area contributed by atoms with Crippen molar-refractivity contribution in [2.75, 3.05) is 0 Å². The van der Waals surface area contributed by atoms with Crippen LogP contribution in [0.1, 0.15) is 44.6 Å². The van der Waals surface area contributed by atoms with E-state index < -0.39 is 0 Å². The highest BCUT2D eigenvalue weighted by atomic mass is 15.1. The average Bonchev–Trinajstić information content (AvgIpc) is 2.57. The van der Waals surface area contributed by atoms with Gasteiger partial charge in [0.2, 0.25) is 0 Å². The van der Waals surface area contributed by atoms with Crippen LogP contribution in [0, 0.1) is 0 Å². The van der Waals surface area contributed by atoms with Gasteiger partial charge in [-0.25, -0.2) is 9.97 Å². The molecule has 3 nitrogen and oxygen atoms in total. The third-order valence-electron chi connectivity index (χ3n) is 3.55. The van der Waals surface area contributed by atoms with Crippen molar-refractivity contribution in [3.05, 3.63) is 24.7 Å². The molecule has 0 aliphatic heterocycles. The fraction of sp³-hybridized carbons (Fsp3) is 0.538. The van der Waals surface area contributed by atoms with Crippen molar-refractivity contribution in [1.29, 1.82) is 0 Å². The van der Waals surface area contributed by atoms with Crippen molar-refractivity contribution < 1.29 is 0 Å². The lowest BCUT2D eigenvalue weighted by Gasteiger charge is -2.15. The molecule has 1 aliphatic carbocycles. The molecule has 0 amide bonds. The molecule has 16 heavy (non-hydrogen) atoms. The predicted molar refractivity (Wildman–Crippen MR) is 64.3 cm³/mol. The van der Waals surface area contributed by atoms with Gasteiger partial charge in [-0.2, -0.15) is 0 Å². The van der Waals surface area contributed by atoms with Crippen LogP contribution in [0.15, 0.2) is 24.7 Å². The van der Waals surface area contributed by atoms with Crippen molar-refractivity contribution in [1.82, 2.24) is 14.5 Å². The third kappa shape index (κ3) is 1.70. The number of rotatable bonds is 1. The summed E-state index contributed by atoms with van der Waals surface area (Å²) in [4.78, 5) is 8.87. The van der Waals surface area contributed by atoms with Gasteiger partial charge in [-0.15, -0.1) is 0 Å². The minimum Gasteiger partial charge on any atom is -0.312 e. The highest BCUT2D eigenvalue weighted by Gasteiger charge is 2.16. The Morgan fingerprint density at radius 2 is 1.88 bits per heavy atom. The lowest BCUT2D eigenvalue weighted by Crippen LogP contribution is -2.07. The summed E-state index contributed by atoms with van der Waals surface area (Å²) in [5.41, 5.74) is 2.07. The second kappa shape index (κ2) is 4.24. The van der Waals surface area contributed by atoms with E-state index in [2.05, 4.69) is 14.5 Å². The molecule has 0 unspecified atom stereocenters. The van der Waals surface area contributed by atoms with Gasteiger partial charge in [0.25, 0.3) is 0 Å². The number of pyridine rings is 1. The van der Waals surface area contributed by atoms with Gasteiger partial charge in [0.15, 0.2) is 5.65 Å². The first-order valence-corrected chi connectivity index (χ1v) is 6.23. The summed E-state index contributed by atoms with van der Waals surface area (Å²) in [7, 11) is 0. The van der Waals surface area contributed by atoms with Crippen LogP contribution in [-0.2, 0) is 0 Å². The van der Waals surface area contributed by atoms with Gasteiger partial charge in [0, 0.05) is 12.2 Å². The van der Waals surface area contributed by atoms with Crippen LogP contribution < -0.4 is 0 Å². The van der Waals surface area contributed by atoms with Crippen LogP contribution in [0.2, 0.25) is 0 Å². The normalized spacial score (nSPS) is 18.8. The monoisotopic (exact) mass is 215 g/mol. The molecule has 84 valence electrons. The largest absolute Gasteiger partial charge is 0.312 e. The molecule has 2 heterocycles. The molecule has 1 aliphatic rings. The fourth-order valence-corrected chi connectivity index (χ4v) is 2.67. The summed E-state index contributed by atoms with van der Waals surface area (Å²) in [6.07, 6.45) is 11.8. The van der Waals surface area contributed by atoms with E-state index >= 15 is 0 Å². The van der Waals surface area contributed by atoms with E-state index in [4.69, 9.17) is 0 Å². The molecule has 0 aromatic carbocycles.